The van der Waals surface area contributed by atoms with Gasteiger partial charge < -0.3 is 0 Å². The molecule has 0 bridgehead atoms. The Hall–Kier alpha value is -1.90. The van der Waals surface area contributed by atoms with Crippen LogP contribution in [0.1, 0.15) is 11.4 Å². The van der Waals surface area contributed by atoms with E-state index in [1.807, 2.05) is 0 Å². The van der Waals surface area contributed by atoms with Crippen LogP contribution >= 0.6 is 22.9 Å². The summed E-state index contributed by atoms with van der Waals surface area (Å²) in [4.78, 5) is 16.9. The Labute approximate surface area is 141 Å². The molecule has 0 atom stereocenters. The number of aromatic nitrogens is 2. The Morgan fingerprint density at radius 1 is 1.30 bits per heavy atom. The van der Waals surface area contributed by atoms with Gasteiger partial charge in [0, 0.05) is 16.1 Å². The second-order valence-electron chi connectivity index (χ2n) is 4.94. The Morgan fingerprint density at radius 3 is 2.74 bits per heavy atom. The zero-order chi connectivity index (χ0) is 16.8. The number of hydrogen-bond acceptors (Lipinski definition) is 5. The molecule has 0 aliphatic rings. The van der Waals surface area contributed by atoms with Crippen molar-refractivity contribution in [3.63, 3.8) is 0 Å². The smallest absolute Gasteiger partial charge is 0.279 e. The SMILES string of the molecule is Cc1nc2scc(C)n2c(=O)c1S(=O)(=O)Nc1cccc(Cl)c1. The molecule has 0 aliphatic heterocycles. The second kappa shape index (κ2) is 5.63. The third kappa shape index (κ3) is 2.85. The molecule has 0 radical (unpaired) electrons. The van der Waals surface area contributed by atoms with Gasteiger partial charge in [-0.1, -0.05) is 17.7 Å². The molecule has 0 saturated heterocycles. The van der Waals surface area contributed by atoms with Crippen LogP contribution in [0.4, 0.5) is 5.69 Å². The van der Waals surface area contributed by atoms with Crippen molar-refractivity contribution in [1.82, 2.24) is 9.38 Å². The molecule has 0 saturated carbocycles. The average molecular weight is 370 g/mol. The van der Waals surface area contributed by atoms with Gasteiger partial charge in [0.25, 0.3) is 15.6 Å². The summed E-state index contributed by atoms with van der Waals surface area (Å²) in [6.07, 6.45) is 0. The number of benzene rings is 1. The average Bonchev–Trinajstić information content (AvgIpc) is 2.79. The first-order valence-corrected chi connectivity index (χ1v) is 9.29. The van der Waals surface area contributed by atoms with E-state index < -0.39 is 15.6 Å². The van der Waals surface area contributed by atoms with E-state index in [0.29, 0.717) is 15.7 Å². The van der Waals surface area contributed by atoms with E-state index in [4.69, 9.17) is 11.6 Å². The molecular formula is C14H12ClN3O3S2. The predicted molar refractivity (Wildman–Crippen MR) is 91.1 cm³/mol. The van der Waals surface area contributed by atoms with Crippen molar-refractivity contribution in [1.29, 1.82) is 0 Å². The van der Waals surface area contributed by atoms with Crippen LogP contribution in [0.3, 0.4) is 0 Å². The summed E-state index contributed by atoms with van der Waals surface area (Å²) in [5, 5.41) is 2.14. The minimum atomic E-state index is -4.08. The van der Waals surface area contributed by atoms with E-state index in [1.165, 1.54) is 28.7 Å². The van der Waals surface area contributed by atoms with Crippen molar-refractivity contribution in [3.8, 4) is 0 Å². The van der Waals surface area contributed by atoms with Gasteiger partial charge >= 0.3 is 0 Å². The molecule has 23 heavy (non-hydrogen) atoms. The molecule has 0 fully saturated rings. The first kappa shape index (κ1) is 16.0. The first-order chi connectivity index (χ1) is 10.8. The molecule has 6 nitrogen and oxygen atoms in total. The number of hydrogen-bond donors (Lipinski definition) is 1. The number of nitrogens with zero attached hydrogens (tertiary/aromatic N) is 2. The molecular weight excluding hydrogens is 358 g/mol. The topological polar surface area (TPSA) is 80.5 Å². The number of nitrogens with one attached hydrogen (secondary N) is 1. The Bertz CT molecular complexity index is 1070. The van der Waals surface area contributed by atoms with E-state index in [0.717, 1.165) is 0 Å². The van der Waals surface area contributed by atoms with Gasteiger partial charge in [-0.2, -0.15) is 0 Å². The van der Waals surface area contributed by atoms with Crippen molar-refractivity contribution >= 4 is 43.6 Å². The monoisotopic (exact) mass is 369 g/mol. The number of rotatable bonds is 3. The van der Waals surface area contributed by atoms with Crippen LogP contribution in [0, 0.1) is 13.8 Å². The number of sulfonamides is 1. The van der Waals surface area contributed by atoms with Gasteiger partial charge in [0.15, 0.2) is 9.86 Å². The molecule has 0 unspecified atom stereocenters. The normalized spacial score (nSPS) is 11.8. The van der Waals surface area contributed by atoms with Gasteiger partial charge in [-0.05, 0) is 32.0 Å². The van der Waals surface area contributed by atoms with Crippen molar-refractivity contribution < 1.29 is 8.42 Å². The Kier molecular flexibility index (Phi) is 3.91. The standard InChI is InChI=1S/C14H12ClN3O3S2/c1-8-7-22-14-16-9(2)12(13(19)18(8)14)23(20,21)17-11-5-3-4-10(15)6-11/h3-7,17H,1-2H3. The molecule has 1 N–H and O–H groups in total. The fourth-order valence-electron chi connectivity index (χ4n) is 2.24. The highest BCUT2D eigenvalue weighted by Gasteiger charge is 2.25. The summed E-state index contributed by atoms with van der Waals surface area (Å²) >= 11 is 7.14. The molecule has 120 valence electrons. The zero-order valence-electron chi connectivity index (χ0n) is 12.2. The van der Waals surface area contributed by atoms with Crippen LogP contribution in [-0.2, 0) is 10.0 Å². The molecule has 0 spiro atoms. The molecule has 2 aromatic heterocycles. The lowest BCUT2D eigenvalue weighted by Gasteiger charge is -2.10. The highest BCUT2D eigenvalue weighted by atomic mass is 35.5. The van der Waals surface area contributed by atoms with Crippen LogP contribution in [0.15, 0.2) is 39.3 Å². The van der Waals surface area contributed by atoms with Gasteiger partial charge in [0.2, 0.25) is 0 Å². The summed E-state index contributed by atoms with van der Waals surface area (Å²) in [5.41, 5.74) is 0.470. The summed E-state index contributed by atoms with van der Waals surface area (Å²) in [6, 6.07) is 6.26. The van der Waals surface area contributed by atoms with E-state index in [9.17, 15) is 13.2 Å². The predicted octanol–water partition coefficient (Wildman–Crippen LogP) is 2.83. The van der Waals surface area contributed by atoms with E-state index in [-0.39, 0.29) is 16.3 Å². The fraction of sp³-hybridized carbons (Fsp3) is 0.143. The molecule has 2 heterocycles. The lowest BCUT2D eigenvalue weighted by atomic mass is 10.3. The summed E-state index contributed by atoms with van der Waals surface area (Å²) < 4.78 is 28.9. The number of fused-ring (bicyclic) bond motifs is 1. The molecule has 0 amide bonds. The lowest BCUT2D eigenvalue weighted by molar-refractivity contribution is 0.598. The third-order valence-electron chi connectivity index (χ3n) is 3.21. The summed E-state index contributed by atoms with van der Waals surface area (Å²) in [7, 11) is -4.08. The quantitative estimate of drug-likeness (QED) is 0.769. The highest BCUT2D eigenvalue weighted by Crippen LogP contribution is 2.20. The lowest BCUT2D eigenvalue weighted by Crippen LogP contribution is -2.28. The van der Waals surface area contributed by atoms with Crippen molar-refractivity contribution in [3.05, 3.63) is 56.4 Å². The van der Waals surface area contributed by atoms with Crippen molar-refractivity contribution in [2.45, 2.75) is 18.7 Å². The maximum atomic E-state index is 12.6. The third-order valence-corrected chi connectivity index (χ3v) is 5.90. The van der Waals surface area contributed by atoms with Gasteiger partial charge in [-0.15, -0.1) is 11.3 Å². The molecule has 0 aliphatic carbocycles. The number of aryl methyl sites for hydroxylation is 2. The fourth-order valence-corrected chi connectivity index (χ4v) is 4.62. The highest BCUT2D eigenvalue weighted by molar-refractivity contribution is 7.92. The zero-order valence-corrected chi connectivity index (χ0v) is 14.6. The minimum Gasteiger partial charge on any atom is -0.279 e. The summed E-state index contributed by atoms with van der Waals surface area (Å²) in [5.74, 6) is 0. The number of halogens is 1. The van der Waals surface area contributed by atoms with Gasteiger partial charge in [-0.3, -0.25) is 13.9 Å². The Balaban J connectivity index is 2.18. The van der Waals surface area contributed by atoms with E-state index in [1.54, 1.807) is 30.5 Å². The first-order valence-electron chi connectivity index (χ1n) is 6.55. The summed E-state index contributed by atoms with van der Waals surface area (Å²) in [6.45, 7) is 3.23. The second-order valence-corrected chi connectivity index (χ2v) is 7.83. The molecule has 9 heteroatoms. The minimum absolute atomic E-state index is 0.159. The van der Waals surface area contributed by atoms with Gasteiger partial charge in [0.1, 0.15) is 0 Å². The van der Waals surface area contributed by atoms with Crippen LogP contribution in [0.2, 0.25) is 5.02 Å². The van der Waals surface area contributed by atoms with Crippen LogP contribution in [-0.4, -0.2) is 17.8 Å². The number of thiazole rings is 1. The van der Waals surface area contributed by atoms with Crippen LogP contribution in [0.5, 0.6) is 0 Å². The largest absolute Gasteiger partial charge is 0.279 e. The van der Waals surface area contributed by atoms with Crippen molar-refractivity contribution in [2.24, 2.45) is 0 Å². The molecule has 1 aromatic carbocycles. The Morgan fingerprint density at radius 2 is 2.04 bits per heavy atom. The van der Waals surface area contributed by atoms with Gasteiger partial charge in [-0.25, -0.2) is 13.4 Å². The van der Waals surface area contributed by atoms with E-state index >= 15 is 0 Å². The maximum absolute atomic E-state index is 12.6. The van der Waals surface area contributed by atoms with Crippen LogP contribution in [0.25, 0.3) is 4.96 Å². The maximum Gasteiger partial charge on any atom is 0.279 e. The van der Waals surface area contributed by atoms with Crippen molar-refractivity contribution in [2.75, 3.05) is 4.72 Å². The van der Waals surface area contributed by atoms with Crippen LogP contribution < -0.4 is 10.3 Å². The molecule has 3 aromatic rings. The number of anilines is 1. The van der Waals surface area contributed by atoms with E-state index in [2.05, 4.69) is 9.71 Å². The molecule has 3 rings (SSSR count). The van der Waals surface area contributed by atoms with Gasteiger partial charge in [0.05, 0.1) is 11.4 Å².